The molecule has 5 heterocycles. The number of phenolic OH excluding ortho intramolecular Hbond substituents is 1. The molecule has 0 spiro atoms. The third-order valence-corrected chi connectivity index (χ3v) is 38.9. The van der Waals surface area contributed by atoms with Gasteiger partial charge in [-0.2, -0.15) is 0 Å². The number of rotatable bonds is 22. The van der Waals surface area contributed by atoms with Gasteiger partial charge in [-0.1, -0.05) is 108 Å². The van der Waals surface area contributed by atoms with Gasteiger partial charge in [-0.05, 0) is 171 Å². The summed E-state index contributed by atoms with van der Waals surface area (Å²) in [5, 5.41) is 60.4. The highest BCUT2D eigenvalue weighted by atomic mass is 32.2. The lowest BCUT2D eigenvalue weighted by Crippen LogP contribution is -2.17. The number of fused-ring (bicyclic) bond motifs is 10. The first-order valence-corrected chi connectivity index (χ1v) is 52.0. The third kappa shape index (κ3) is 19.9. The highest BCUT2D eigenvalue weighted by molar-refractivity contribution is 8.05. The van der Waals surface area contributed by atoms with Crippen LogP contribution < -0.4 is 66.3 Å². The molecule has 0 unspecified atom stereocenters. The van der Waals surface area contributed by atoms with Crippen LogP contribution in [0.15, 0.2) is 364 Å². The fourth-order valence-corrected chi connectivity index (χ4v) is 33.3. The number of benzene rings is 15. The van der Waals surface area contributed by atoms with Crippen LogP contribution in [0.3, 0.4) is 0 Å². The highest BCUT2D eigenvalue weighted by Gasteiger charge is 2.51. The van der Waals surface area contributed by atoms with Gasteiger partial charge in [0, 0.05) is 42.5 Å². The van der Waals surface area contributed by atoms with E-state index in [0.717, 1.165) is 96.1 Å². The number of phenols is 1. The van der Waals surface area contributed by atoms with Crippen LogP contribution in [-0.4, -0.2) is 146 Å². The number of aromatic carboxylic acids is 5. The quantitative estimate of drug-likeness (QED) is 0.0343. The summed E-state index contributed by atoms with van der Waals surface area (Å²) in [4.78, 5) is 78.5. The number of methoxy groups -OCH3 is 12. The van der Waals surface area contributed by atoms with E-state index in [1.54, 1.807) is 69.1 Å². The second-order valence-corrected chi connectivity index (χ2v) is 43.9. The van der Waals surface area contributed by atoms with E-state index < -0.39 is 84.3 Å². The first-order valence-electron chi connectivity index (χ1n) is 43.4. The number of hydrogen-bond acceptors (Lipinski definition) is 23. The topological polar surface area (TPSA) is 336 Å². The van der Waals surface area contributed by atoms with Gasteiger partial charge in [0.2, 0.25) is 68.8 Å². The predicted octanol–water partition coefficient (Wildman–Crippen LogP) is 24.7. The number of carboxylic acid groups (broad SMARTS) is 5. The SMILES string of the molecule is COc1cc(C(=O)O)c([S+]2c3ccc(F)cc3Sc3cc(F)ccc32)cc1C.COc1cc(C(=O)O)c([S+]2c3ccccc3Oc3ccccc32)c(OC)c1O.COc1cc(C(=O)O)c([S+]2c3ccccc3Oc3ccccc32)c(OC)c1OC.COc1cc(C(=O)O)c([S+]2c3ccccc3Sc3ccccc32)c(OC)c1OC.COc1ccc2c(c1)Sc1cc(OC)ccc1[S+]2c1cc(C)c(OC)cc1C(=O)O. The van der Waals surface area contributed by atoms with E-state index in [1.165, 1.54) is 124 Å². The molecule has 0 atom stereocenters. The Morgan fingerprint density at radius 1 is 0.250 bits per heavy atom. The molecule has 0 radical (unpaired) electrons. The number of aromatic hydroxyl groups is 1. The van der Waals surface area contributed by atoms with E-state index >= 15 is 0 Å². The van der Waals surface area contributed by atoms with E-state index in [9.17, 15) is 63.4 Å². The first kappa shape index (κ1) is 102. The van der Waals surface area contributed by atoms with Gasteiger partial charge >= 0.3 is 29.8 Å². The van der Waals surface area contributed by atoms with E-state index in [-0.39, 0.29) is 56.7 Å². The summed E-state index contributed by atoms with van der Waals surface area (Å²) in [6, 6.07) is 78.2. The predicted molar refractivity (Wildman–Crippen MR) is 544 cm³/mol. The molecule has 35 heteroatoms. The van der Waals surface area contributed by atoms with Crippen molar-refractivity contribution in [3.05, 3.63) is 311 Å². The first-order chi connectivity index (χ1) is 69.6. The van der Waals surface area contributed by atoms with Crippen LogP contribution in [0.1, 0.15) is 62.9 Å². The summed E-state index contributed by atoms with van der Waals surface area (Å²) in [5.74, 6) is 1.07. The van der Waals surface area contributed by atoms with Crippen molar-refractivity contribution in [1.82, 2.24) is 0 Å². The molecule has 15 aromatic rings. The fraction of sp³-hybridized carbons (Fsp3) is 0.128. The molecule has 0 amide bonds. The summed E-state index contributed by atoms with van der Waals surface area (Å²) >= 11 is 4.62. The van der Waals surface area contributed by atoms with Crippen LogP contribution in [0.25, 0.3) is 0 Å². The van der Waals surface area contributed by atoms with Gasteiger partial charge in [0.1, 0.15) is 117 Å². The summed E-state index contributed by atoms with van der Waals surface area (Å²) in [6.45, 7) is 3.77. The highest BCUT2D eigenvalue weighted by Crippen LogP contribution is 2.60. The molecular weight excluding hydrogens is 2000 g/mol. The molecule has 0 aliphatic carbocycles. The summed E-state index contributed by atoms with van der Waals surface area (Å²) in [5.41, 5.74) is 2.28. The molecule has 5 aliphatic heterocycles. The zero-order chi connectivity index (χ0) is 102. The van der Waals surface area contributed by atoms with Gasteiger partial charge in [0.15, 0.2) is 79.4 Å². The zero-order valence-corrected chi connectivity index (χ0v) is 85.8. The molecule has 144 heavy (non-hydrogen) atoms. The van der Waals surface area contributed by atoms with Crippen molar-refractivity contribution in [2.24, 2.45) is 0 Å². The Morgan fingerprint density at radius 3 is 0.826 bits per heavy atom. The van der Waals surface area contributed by atoms with Gasteiger partial charge in [-0.15, -0.1) is 0 Å². The van der Waals surface area contributed by atoms with Crippen LogP contribution in [0.4, 0.5) is 8.78 Å². The standard InChI is InChI=1S/C23H20O5S2.C22H18O6S.C22H18O5S2.C21H14F2O3S2.C21H16O6S/c1-13-9-22(16(23(24)25)12-17(13)28-4)30-20-7-5-14(26-2)10-18(20)29-19-11-15(27-3)6-8-21(19)30;1-25-16-12-13(22(23)24)21(20(27-3)19(16)26-2)29-17-10-6-4-8-14(17)28-15-9-5-7-11-18(15)29;1-25-14-12-13(22(23)24)21(20(27-3)19(14)26-2)29-17-10-6-4-8-15(17)28-16-9-5-7-11-18(16)29;1-11-7-20(14(21(24)25)10-15(11)26-2)28-18-5-3-12(22)8-16(18)27-17-9-13(23)4-6-19(17)28;1-25-15-11-12(21(23)24)20(19(26-2)18(15)22)28-16-9-5-3-7-13(16)27-14-8-4-6-10-17(14)28/h5-12H,1-4H3;2*4-12H,1-3H3;3-10H,1-2H3;3-11H,1-2H3,(H-,22,23,24)/p+5. The van der Waals surface area contributed by atoms with E-state index in [1.807, 2.05) is 190 Å². The molecule has 5 aliphatic rings. The van der Waals surface area contributed by atoms with Gasteiger partial charge in [0.05, 0.1) is 115 Å². The number of aryl methyl sites for hydroxylation is 2. The molecule has 734 valence electrons. The van der Waals surface area contributed by atoms with Crippen molar-refractivity contribution in [2.45, 2.75) is 117 Å². The Kier molecular flexibility index (Phi) is 31.6. The number of halogens is 2. The molecule has 15 aromatic carbocycles. The lowest BCUT2D eigenvalue weighted by molar-refractivity contribution is 0.0681. The summed E-state index contributed by atoms with van der Waals surface area (Å²) in [6.07, 6.45) is 0. The maximum atomic E-state index is 13.9. The number of ether oxygens (including phenoxy) is 14. The van der Waals surface area contributed by atoms with Gasteiger partial charge < -0.3 is 97.0 Å². The minimum absolute atomic E-state index is 0.00124. The zero-order valence-electron chi connectivity index (χ0n) is 79.3. The lowest BCUT2D eigenvalue weighted by atomic mass is 10.1. The van der Waals surface area contributed by atoms with Crippen molar-refractivity contribution in [3.8, 4) is 97.7 Å². The number of carboxylic acids is 5. The molecule has 25 nitrogen and oxygen atoms in total. The van der Waals surface area contributed by atoms with Crippen molar-refractivity contribution in [2.75, 3.05) is 85.3 Å². The number of hydrogen-bond donors (Lipinski definition) is 6. The molecule has 0 saturated carbocycles. The molecule has 6 N–H and O–H groups in total. The minimum atomic E-state index is -1.14. The Hall–Kier alpha value is -14.7. The van der Waals surface area contributed by atoms with Crippen molar-refractivity contribution in [3.63, 3.8) is 0 Å². The van der Waals surface area contributed by atoms with Crippen molar-refractivity contribution in [1.29, 1.82) is 0 Å². The molecule has 0 saturated heterocycles. The van der Waals surface area contributed by atoms with E-state index in [4.69, 9.17) is 66.3 Å². The Morgan fingerprint density at radius 2 is 0.514 bits per heavy atom. The number of para-hydroxylation sites is 4. The van der Waals surface area contributed by atoms with Crippen LogP contribution in [0.5, 0.6) is 97.7 Å². The Balaban J connectivity index is 0.000000129. The maximum Gasteiger partial charge on any atom is 0.341 e. The maximum absolute atomic E-state index is 13.9. The summed E-state index contributed by atoms with van der Waals surface area (Å²) in [7, 11) is 14.3. The largest absolute Gasteiger partial charge is 0.502 e. The van der Waals surface area contributed by atoms with E-state index in [2.05, 4.69) is 12.1 Å². The van der Waals surface area contributed by atoms with Crippen LogP contribution in [-0.2, 0) is 54.5 Å². The second kappa shape index (κ2) is 44.4. The van der Waals surface area contributed by atoms with E-state index in [0.29, 0.717) is 98.4 Å². The molecule has 0 aromatic heterocycles. The van der Waals surface area contributed by atoms with Crippen molar-refractivity contribution < 1.29 is 130 Å². The minimum Gasteiger partial charge on any atom is -0.502 e. The van der Waals surface area contributed by atoms with Gasteiger partial charge in [-0.3, -0.25) is 0 Å². The Labute approximate surface area is 853 Å². The third-order valence-electron chi connectivity index (χ3n) is 22.9. The Bertz CT molecular complexity index is 7160. The average molecular weight is 2100 g/mol. The van der Waals surface area contributed by atoms with Gasteiger partial charge in [-0.25, -0.2) is 32.8 Å². The molecule has 0 bridgehead atoms. The van der Waals surface area contributed by atoms with Crippen LogP contribution in [0.2, 0.25) is 0 Å². The fourth-order valence-electron chi connectivity index (χ4n) is 16.5. The summed E-state index contributed by atoms with van der Waals surface area (Å²) < 4.78 is 105. The van der Waals surface area contributed by atoms with Crippen molar-refractivity contribution >= 4 is 120 Å². The average Bonchev–Trinajstić information content (AvgIpc) is 0.765. The lowest BCUT2D eigenvalue weighted by Gasteiger charge is -2.22. The second-order valence-electron chi connectivity index (χ2n) is 31.1. The van der Waals surface area contributed by atoms with Crippen LogP contribution in [0, 0.1) is 25.5 Å². The normalized spacial score (nSPS) is 12.6. The molecule has 20 rings (SSSR count). The number of carbonyl (C=O) groups is 5. The molecule has 0 fully saturated rings. The molecular formula is C109H91F2O25S8+5. The van der Waals surface area contributed by atoms with Crippen LogP contribution >= 0.6 is 35.3 Å². The van der Waals surface area contributed by atoms with Gasteiger partial charge in [0.25, 0.3) is 0 Å². The smallest absolute Gasteiger partial charge is 0.341 e. The monoisotopic (exact) mass is 2090 g/mol.